The average molecular weight is 284 g/mol. The van der Waals surface area contributed by atoms with Crippen LogP contribution in [0.1, 0.15) is 23.7 Å². The summed E-state index contributed by atoms with van der Waals surface area (Å²) in [6.45, 7) is 3.44. The Hall–Kier alpha value is -2.14. The summed E-state index contributed by atoms with van der Waals surface area (Å²) in [7, 11) is 0. The van der Waals surface area contributed by atoms with Gasteiger partial charge >= 0.3 is 0 Å². The first-order valence-electron chi connectivity index (χ1n) is 7.32. The van der Waals surface area contributed by atoms with Crippen molar-refractivity contribution in [2.45, 2.75) is 19.4 Å². The third-order valence-corrected chi connectivity index (χ3v) is 4.24. The van der Waals surface area contributed by atoms with Crippen molar-refractivity contribution in [2.24, 2.45) is 11.7 Å². The predicted octanol–water partition coefficient (Wildman–Crippen LogP) is 1.68. The van der Waals surface area contributed by atoms with Gasteiger partial charge in [0.1, 0.15) is 0 Å². The van der Waals surface area contributed by atoms with Gasteiger partial charge in [-0.2, -0.15) is 5.10 Å². The van der Waals surface area contributed by atoms with Crippen molar-refractivity contribution >= 4 is 5.91 Å². The van der Waals surface area contributed by atoms with Gasteiger partial charge in [0.05, 0.1) is 17.4 Å². The molecule has 0 saturated carbocycles. The topological polar surface area (TPSA) is 64.2 Å². The first kappa shape index (κ1) is 13.8. The fourth-order valence-electron chi connectivity index (χ4n) is 2.94. The minimum atomic E-state index is 0.0250. The fraction of sp³-hybridized carbons (Fsp3) is 0.375. The number of para-hydroxylation sites is 1. The van der Waals surface area contributed by atoms with Gasteiger partial charge in [0.25, 0.3) is 5.91 Å². The monoisotopic (exact) mass is 284 g/mol. The normalized spacial score (nSPS) is 21.7. The molecule has 1 aromatic carbocycles. The third-order valence-electron chi connectivity index (χ3n) is 4.24. The standard InChI is InChI=1S/C16H20N4O/c1-12-7-8-19(15(12)9-17)16(21)13-10-18-20(11-13)14-5-3-2-4-6-14/h2-6,10-12,15H,7-9,17H2,1H3. The number of rotatable bonds is 3. The lowest BCUT2D eigenvalue weighted by atomic mass is 10.0. The molecule has 0 aliphatic carbocycles. The van der Waals surface area contributed by atoms with Crippen LogP contribution in [0.3, 0.4) is 0 Å². The molecule has 1 saturated heterocycles. The molecule has 0 spiro atoms. The maximum atomic E-state index is 12.6. The lowest BCUT2D eigenvalue weighted by Crippen LogP contribution is -2.42. The maximum absolute atomic E-state index is 12.6. The summed E-state index contributed by atoms with van der Waals surface area (Å²) in [6.07, 6.45) is 4.43. The van der Waals surface area contributed by atoms with Gasteiger partial charge in [-0.15, -0.1) is 0 Å². The van der Waals surface area contributed by atoms with Crippen molar-refractivity contribution < 1.29 is 4.79 Å². The van der Waals surface area contributed by atoms with Gasteiger partial charge in [0.2, 0.25) is 0 Å². The molecule has 1 amide bonds. The predicted molar refractivity (Wildman–Crippen MR) is 81.2 cm³/mol. The van der Waals surface area contributed by atoms with E-state index in [2.05, 4.69) is 12.0 Å². The summed E-state index contributed by atoms with van der Waals surface area (Å²) >= 11 is 0. The van der Waals surface area contributed by atoms with E-state index in [0.29, 0.717) is 18.0 Å². The summed E-state index contributed by atoms with van der Waals surface area (Å²) in [5.41, 5.74) is 7.38. The quantitative estimate of drug-likeness (QED) is 0.932. The zero-order valence-corrected chi connectivity index (χ0v) is 12.1. The molecule has 110 valence electrons. The van der Waals surface area contributed by atoms with Gasteiger partial charge in [-0.25, -0.2) is 4.68 Å². The van der Waals surface area contributed by atoms with E-state index in [1.165, 1.54) is 0 Å². The number of hydrogen-bond acceptors (Lipinski definition) is 3. The second-order valence-corrected chi connectivity index (χ2v) is 5.58. The van der Waals surface area contributed by atoms with Crippen LogP contribution >= 0.6 is 0 Å². The van der Waals surface area contributed by atoms with E-state index in [0.717, 1.165) is 18.7 Å². The van der Waals surface area contributed by atoms with Gasteiger partial charge in [-0.05, 0) is 24.5 Å². The van der Waals surface area contributed by atoms with Crippen molar-refractivity contribution in [1.29, 1.82) is 0 Å². The van der Waals surface area contributed by atoms with Crippen LogP contribution in [0.15, 0.2) is 42.7 Å². The summed E-state index contributed by atoms with van der Waals surface area (Å²) in [4.78, 5) is 14.5. The summed E-state index contributed by atoms with van der Waals surface area (Å²) < 4.78 is 1.73. The van der Waals surface area contributed by atoms with E-state index in [1.54, 1.807) is 17.1 Å². The Kier molecular flexibility index (Phi) is 3.75. The zero-order valence-electron chi connectivity index (χ0n) is 12.1. The van der Waals surface area contributed by atoms with Crippen LogP contribution in [0.4, 0.5) is 0 Å². The molecule has 5 nitrogen and oxygen atoms in total. The molecule has 1 fully saturated rings. The van der Waals surface area contributed by atoms with Gasteiger partial charge in [0, 0.05) is 25.3 Å². The number of nitrogens with two attached hydrogens (primary N) is 1. The minimum absolute atomic E-state index is 0.0250. The van der Waals surface area contributed by atoms with Crippen LogP contribution in [-0.2, 0) is 0 Å². The Morgan fingerprint density at radius 1 is 1.38 bits per heavy atom. The Morgan fingerprint density at radius 2 is 2.14 bits per heavy atom. The number of benzene rings is 1. The second kappa shape index (κ2) is 5.69. The highest BCUT2D eigenvalue weighted by Gasteiger charge is 2.34. The second-order valence-electron chi connectivity index (χ2n) is 5.58. The molecule has 21 heavy (non-hydrogen) atoms. The maximum Gasteiger partial charge on any atom is 0.257 e. The number of nitrogens with zero attached hydrogens (tertiary/aromatic N) is 3. The molecule has 2 N–H and O–H groups in total. The molecule has 2 atom stereocenters. The molecule has 2 aromatic rings. The summed E-state index contributed by atoms with van der Waals surface area (Å²) in [5, 5.41) is 4.29. The molecule has 1 aromatic heterocycles. The van der Waals surface area contributed by atoms with E-state index in [1.807, 2.05) is 35.2 Å². The van der Waals surface area contributed by atoms with Crippen LogP contribution in [0, 0.1) is 5.92 Å². The highest BCUT2D eigenvalue weighted by Crippen LogP contribution is 2.25. The van der Waals surface area contributed by atoms with Crippen LogP contribution in [0.25, 0.3) is 5.69 Å². The van der Waals surface area contributed by atoms with E-state index >= 15 is 0 Å². The third kappa shape index (κ3) is 2.56. The number of likely N-dealkylation sites (tertiary alicyclic amines) is 1. The van der Waals surface area contributed by atoms with Gasteiger partial charge in [0.15, 0.2) is 0 Å². The molecule has 0 bridgehead atoms. The highest BCUT2D eigenvalue weighted by atomic mass is 16.2. The number of amides is 1. The molecule has 5 heteroatoms. The molecule has 0 radical (unpaired) electrons. The zero-order chi connectivity index (χ0) is 14.8. The van der Waals surface area contributed by atoms with Crippen molar-refractivity contribution in [1.82, 2.24) is 14.7 Å². The van der Waals surface area contributed by atoms with Crippen LogP contribution in [-0.4, -0.2) is 39.7 Å². The molecular weight excluding hydrogens is 264 g/mol. The summed E-state index contributed by atoms with van der Waals surface area (Å²) in [5.74, 6) is 0.486. The van der Waals surface area contributed by atoms with Crippen LogP contribution in [0.5, 0.6) is 0 Å². The number of carbonyl (C=O) groups is 1. The Balaban J connectivity index is 1.82. The highest BCUT2D eigenvalue weighted by molar-refractivity contribution is 5.94. The fourth-order valence-corrected chi connectivity index (χ4v) is 2.94. The minimum Gasteiger partial charge on any atom is -0.334 e. The lowest BCUT2D eigenvalue weighted by Gasteiger charge is -2.25. The molecule has 2 unspecified atom stereocenters. The van der Waals surface area contributed by atoms with E-state index < -0.39 is 0 Å². The van der Waals surface area contributed by atoms with E-state index in [9.17, 15) is 4.79 Å². The number of hydrogen-bond donors (Lipinski definition) is 1. The van der Waals surface area contributed by atoms with Gasteiger partial charge in [-0.3, -0.25) is 4.79 Å². The molecule has 1 aliphatic heterocycles. The first-order valence-corrected chi connectivity index (χ1v) is 7.32. The lowest BCUT2D eigenvalue weighted by molar-refractivity contribution is 0.0727. The van der Waals surface area contributed by atoms with Crippen molar-refractivity contribution in [2.75, 3.05) is 13.1 Å². The van der Waals surface area contributed by atoms with Crippen LogP contribution in [0.2, 0.25) is 0 Å². The largest absolute Gasteiger partial charge is 0.334 e. The molecule has 2 heterocycles. The van der Waals surface area contributed by atoms with Gasteiger partial charge < -0.3 is 10.6 Å². The first-order chi connectivity index (χ1) is 10.2. The Bertz CT molecular complexity index is 622. The Morgan fingerprint density at radius 3 is 2.86 bits per heavy atom. The van der Waals surface area contributed by atoms with E-state index in [4.69, 9.17) is 5.73 Å². The van der Waals surface area contributed by atoms with Gasteiger partial charge in [-0.1, -0.05) is 25.1 Å². The number of carbonyl (C=O) groups excluding carboxylic acids is 1. The molecular formula is C16H20N4O. The smallest absolute Gasteiger partial charge is 0.257 e. The Labute approximate surface area is 124 Å². The van der Waals surface area contributed by atoms with Crippen LogP contribution < -0.4 is 5.73 Å². The summed E-state index contributed by atoms with van der Waals surface area (Å²) in [6, 6.07) is 9.91. The number of aromatic nitrogens is 2. The SMILES string of the molecule is CC1CCN(C(=O)c2cnn(-c3ccccc3)c2)C1CN. The average Bonchev–Trinajstić information content (AvgIpc) is 3.14. The van der Waals surface area contributed by atoms with Crippen molar-refractivity contribution in [3.05, 3.63) is 48.3 Å². The van der Waals surface area contributed by atoms with E-state index in [-0.39, 0.29) is 11.9 Å². The van der Waals surface area contributed by atoms with Crippen molar-refractivity contribution in [3.63, 3.8) is 0 Å². The van der Waals surface area contributed by atoms with Crippen molar-refractivity contribution in [3.8, 4) is 5.69 Å². The molecule has 3 rings (SSSR count). The molecule has 1 aliphatic rings.